The van der Waals surface area contributed by atoms with Gasteiger partial charge in [0.25, 0.3) is 10.1 Å². The molecule has 0 amide bonds. The van der Waals surface area contributed by atoms with Crippen molar-refractivity contribution < 1.29 is 22.8 Å². The zero-order chi connectivity index (χ0) is 24.7. The normalized spacial score (nSPS) is 12.1. The third-order valence-electron chi connectivity index (χ3n) is 5.46. The van der Waals surface area contributed by atoms with Crippen LogP contribution in [0.1, 0.15) is 0 Å². The summed E-state index contributed by atoms with van der Waals surface area (Å²) in [6.07, 6.45) is 0. The molecule has 11 heteroatoms. The van der Waals surface area contributed by atoms with Crippen molar-refractivity contribution in [2.45, 2.75) is 4.90 Å². The fourth-order valence-corrected chi connectivity index (χ4v) is 4.47. The average molecular weight is 490 g/mol. The number of fused-ring (bicyclic) bond motifs is 3. The van der Waals surface area contributed by atoms with E-state index in [1.54, 1.807) is 54.6 Å². The quantitative estimate of drug-likeness (QED) is 0.147. The number of hydrogen-bond donors (Lipinski definition) is 4. The van der Waals surface area contributed by atoms with Gasteiger partial charge in [0.15, 0.2) is 5.75 Å². The molecule has 1 aromatic heterocycles. The van der Waals surface area contributed by atoms with E-state index >= 15 is 0 Å². The minimum Gasteiger partial charge on any atom is -0.505 e. The highest BCUT2D eigenvalue weighted by atomic mass is 32.2. The lowest BCUT2D eigenvalue weighted by molar-refractivity contribution is 0.416. The first-order chi connectivity index (χ1) is 16.8. The Hall–Kier alpha value is -4.48. The van der Waals surface area contributed by atoms with Crippen LogP contribution in [0.15, 0.2) is 81.9 Å². The van der Waals surface area contributed by atoms with Crippen LogP contribution in [0.25, 0.3) is 33.2 Å². The molecule has 5 rings (SSSR count). The Morgan fingerprint density at radius 1 is 1.00 bits per heavy atom. The largest absolute Gasteiger partial charge is 0.505 e. The van der Waals surface area contributed by atoms with Gasteiger partial charge in [-0.05, 0) is 42.5 Å². The lowest BCUT2D eigenvalue weighted by Crippen LogP contribution is -1.99. The van der Waals surface area contributed by atoms with Gasteiger partial charge in [0, 0.05) is 22.0 Å². The van der Waals surface area contributed by atoms with Crippen LogP contribution in [-0.2, 0) is 10.1 Å². The monoisotopic (exact) mass is 489 g/mol. The van der Waals surface area contributed by atoms with Crippen molar-refractivity contribution in [3.63, 3.8) is 0 Å². The number of aromatic amines is 1. The Labute approximate surface area is 199 Å². The molecule has 0 fully saturated rings. The van der Waals surface area contributed by atoms with Gasteiger partial charge >= 0.3 is 0 Å². The predicted molar refractivity (Wildman–Crippen MR) is 132 cm³/mol. The van der Waals surface area contributed by atoms with E-state index in [0.717, 1.165) is 5.56 Å². The summed E-state index contributed by atoms with van der Waals surface area (Å²) >= 11 is 0. The van der Waals surface area contributed by atoms with Gasteiger partial charge in [-0.2, -0.15) is 8.42 Å². The Kier molecular flexibility index (Phi) is 5.35. The summed E-state index contributed by atoms with van der Waals surface area (Å²) in [6.45, 7) is 0. The van der Waals surface area contributed by atoms with Crippen LogP contribution < -0.4 is 10.5 Å². The van der Waals surface area contributed by atoms with E-state index in [-0.39, 0.29) is 5.39 Å². The number of para-hydroxylation sites is 1. The van der Waals surface area contributed by atoms with Crippen molar-refractivity contribution in [1.29, 1.82) is 0 Å². The highest BCUT2D eigenvalue weighted by molar-refractivity contribution is 7.86. The van der Waals surface area contributed by atoms with Crippen molar-refractivity contribution in [2.75, 3.05) is 12.8 Å². The number of nitrogens with zero attached hydrogens (tertiary/aromatic N) is 3. The van der Waals surface area contributed by atoms with Gasteiger partial charge < -0.3 is 20.6 Å². The standard InChI is InChI=1S/C24H19N5O5S/c1-34-19-8-3-2-7-17(19)28-29-22-20(35(31,32)33)12-16-15(23(22)30)9-10-18-21(16)27-24(26-18)13-5-4-6-14(25)11-13/h2-12,30H,25H2,1H3,(H,26,27)(H,31,32,33). The van der Waals surface area contributed by atoms with Crippen molar-refractivity contribution in [2.24, 2.45) is 10.2 Å². The number of aromatic nitrogens is 2. The second-order valence-electron chi connectivity index (χ2n) is 7.69. The number of nitrogen functional groups attached to an aromatic ring is 1. The zero-order valence-electron chi connectivity index (χ0n) is 18.3. The van der Waals surface area contributed by atoms with Crippen molar-refractivity contribution in [3.05, 3.63) is 66.7 Å². The van der Waals surface area contributed by atoms with E-state index in [2.05, 4.69) is 20.2 Å². The SMILES string of the molecule is COc1ccccc1N=Nc1c(S(=O)(=O)O)cc2c(ccc3[nH]c(-c4cccc(N)c4)nc32)c1O. The molecule has 0 saturated carbocycles. The number of nitrogens with two attached hydrogens (primary N) is 1. The molecule has 1 heterocycles. The molecule has 0 saturated heterocycles. The van der Waals surface area contributed by atoms with Crippen LogP contribution in [0.4, 0.5) is 17.1 Å². The van der Waals surface area contributed by atoms with Crippen LogP contribution in [0, 0.1) is 0 Å². The summed E-state index contributed by atoms with van der Waals surface area (Å²) in [5, 5.41) is 19.6. The number of azo groups is 1. The molecular formula is C24H19N5O5S. The van der Waals surface area contributed by atoms with Crippen LogP contribution in [0.2, 0.25) is 0 Å². The smallest absolute Gasteiger partial charge is 0.296 e. The number of phenolic OH excluding ortho intramolecular Hbond substituents is 1. The van der Waals surface area contributed by atoms with E-state index in [1.807, 2.05) is 6.07 Å². The molecule has 0 atom stereocenters. The zero-order valence-corrected chi connectivity index (χ0v) is 19.1. The number of imidazole rings is 1. The van der Waals surface area contributed by atoms with Gasteiger partial charge in [0.05, 0.1) is 18.1 Å². The molecule has 0 unspecified atom stereocenters. The fraction of sp³-hybridized carbons (Fsp3) is 0.0417. The molecule has 0 bridgehead atoms. The summed E-state index contributed by atoms with van der Waals surface area (Å²) in [7, 11) is -3.33. The lowest BCUT2D eigenvalue weighted by atomic mass is 10.1. The minimum absolute atomic E-state index is 0.282. The molecule has 0 aliphatic carbocycles. The third kappa shape index (κ3) is 4.03. The van der Waals surface area contributed by atoms with Gasteiger partial charge in [0.1, 0.15) is 27.8 Å². The highest BCUT2D eigenvalue weighted by Gasteiger charge is 2.24. The molecule has 0 aliphatic heterocycles. The van der Waals surface area contributed by atoms with E-state index in [1.165, 1.54) is 13.2 Å². The van der Waals surface area contributed by atoms with Gasteiger partial charge in [-0.1, -0.05) is 24.3 Å². The predicted octanol–water partition coefficient (Wildman–Crippen LogP) is 5.34. The van der Waals surface area contributed by atoms with Crippen LogP contribution in [0.5, 0.6) is 11.5 Å². The average Bonchev–Trinajstić information content (AvgIpc) is 3.28. The molecular weight excluding hydrogens is 470 g/mol. The summed E-state index contributed by atoms with van der Waals surface area (Å²) in [5.41, 5.74) is 8.07. The Bertz CT molecular complexity index is 1740. The summed E-state index contributed by atoms with van der Waals surface area (Å²) in [4.78, 5) is 7.15. The van der Waals surface area contributed by atoms with Crippen molar-refractivity contribution in [1.82, 2.24) is 9.97 Å². The van der Waals surface area contributed by atoms with E-state index in [4.69, 9.17) is 10.5 Å². The van der Waals surface area contributed by atoms with Crippen LogP contribution >= 0.6 is 0 Å². The van der Waals surface area contributed by atoms with Gasteiger partial charge in [-0.15, -0.1) is 10.2 Å². The van der Waals surface area contributed by atoms with E-state index in [0.29, 0.717) is 39.4 Å². The first-order valence-electron chi connectivity index (χ1n) is 10.3. The Balaban J connectivity index is 1.74. The molecule has 176 valence electrons. The fourth-order valence-electron chi connectivity index (χ4n) is 3.83. The van der Waals surface area contributed by atoms with Crippen LogP contribution in [-0.4, -0.2) is 35.2 Å². The molecule has 5 N–H and O–H groups in total. The highest BCUT2D eigenvalue weighted by Crippen LogP contribution is 2.43. The second kappa shape index (κ2) is 8.38. The first kappa shape index (κ1) is 22.3. The second-order valence-corrected chi connectivity index (χ2v) is 9.08. The lowest BCUT2D eigenvalue weighted by Gasteiger charge is -2.09. The molecule has 0 aliphatic rings. The molecule has 0 radical (unpaired) electrons. The molecule has 35 heavy (non-hydrogen) atoms. The number of phenols is 1. The number of nitrogens with one attached hydrogen (secondary N) is 1. The molecule has 10 nitrogen and oxygen atoms in total. The summed E-state index contributed by atoms with van der Waals surface area (Å²) < 4.78 is 39.7. The van der Waals surface area contributed by atoms with Crippen LogP contribution in [0.3, 0.4) is 0 Å². The number of methoxy groups -OCH3 is 1. The van der Waals surface area contributed by atoms with E-state index < -0.39 is 26.5 Å². The van der Waals surface area contributed by atoms with Crippen molar-refractivity contribution >= 4 is 49.0 Å². The Morgan fingerprint density at radius 3 is 2.54 bits per heavy atom. The Morgan fingerprint density at radius 2 is 1.80 bits per heavy atom. The minimum atomic E-state index is -4.79. The molecule has 4 aromatic carbocycles. The number of aromatic hydroxyl groups is 1. The number of rotatable bonds is 5. The maximum absolute atomic E-state index is 12.3. The van der Waals surface area contributed by atoms with E-state index in [9.17, 15) is 18.1 Å². The number of anilines is 1. The molecule has 5 aromatic rings. The third-order valence-corrected chi connectivity index (χ3v) is 6.33. The van der Waals surface area contributed by atoms with Gasteiger partial charge in [-0.25, -0.2) is 4.98 Å². The number of hydrogen-bond acceptors (Lipinski definition) is 8. The maximum atomic E-state index is 12.3. The van der Waals surface area contributed by atoms with Crippen molar-refractivity contribution in [3.8, 4) is 22.9 Å². The number of benzene rings is 4. The number of H-pyrrole nitrogens is 1. The topological polar surface area (TPSA) is 163 Å². The first-order valence-corrected chi connectivity index (χ1v) is 11.8. The van der Waals surface area contributed by atoms with Gasteiger partial charge in [-0.3, -0.25) is 4.55 Å². The summed E-state index contributed by atoms with van der Waals surface area (Å²) in [5.74, 6) is 0.439. The maximum Gasteiger partial charge on any atom is 0.296 e. The molecule has 0 spiro atoms. The number of ether oxygens (including phenoxy) is 1. The summed E-state index contributed by atoms with van der Waals surface area (Å²) in [6, 6.07) is 18.3. The van der Waals surface area contributed by atoms with Gasteiger partial charge in [0.2, 0.25) is 0 Å².